The molecule has 6 aromatic rings. The third kappa shape index (κ3) is 7.21. The van der Waals surface area contributed by atoms with E-state index in [1.54, 1.807) is 0 Å². The number of fused-ring (bicyclic) bond motifs is 4. The number of hydrogen-bond donors (Lipinski definition) is 0. The number of rotatable bonds is 3. The Kier molecular flexibility index (Phi) is 10.7. The molecule has 0 aliphatic carbocycles. The maximum Gasteiger partial charge on any atom is 0.0920 e. The maximum absolute atomic E-state index is 4.93. The zero-order valence-electron chi connectivity index (χ0n) is 25.0. The molecule has 7 rings (SSSR count). The number of benzene rings is 5. The van der Waals surface area contributed by atoms with Gasteiger partial charge in [0.15, 0.2) is 0 Å². The Labute approximate surface area is 278 Å². The van der Waals surface area contributed by atoms with Gasteiger partial charge in [-0.3, -0.25) is 0 Å². The standard InChI is InChI=1S/C27H27.C12H7Si.2ClH.Zr/c1-5-19-11-9-10-14-23(19)26-24-18-22(20-12-7-6-8-13-20)17-21(24)15-16-25(26)27(2,3)4;1-3-7-11-9(5-1)10-6-2-4-8-12(10)13-11;;;/h6-18H,5H2,1-4H3;1-7H;2*1H;/q2*-1;;;+4/p-2. The first-order valence-corrected chi connectivity index (χ1v) is 21.9. The Balaban J connectivity index is 0.000000190. The molecule has 0 fully saturated rings. The quantitative estimate of drug-likeness (QED) is 0.128. The van der Waals surface area contributed by atoms with Gasteiger partial charge < -0.3 is 0 Å². The average Bonchev–Trinajstić information content (AvgIpc) is 3.63. The van der Waals surface area contributed by atoms with Crippen LogP contribution in [-0.4, -0.2) is 9.52 Å². The van der Waals surface area contributed by atoms with Crippen LogP contribution >= 0.6 is 17.0 Å². The van der Waals surface area contributed by atoms with Gasteiger partial charge in [0, 0.05) is 0 Å². The molecule has 0 aromatic heterocycles. The summed E-state index contributed by atoms with van der Waals surface area (Å²) in [4.78, 5) is 0. The molecule has 0 amide bonds. The van der Waals surface area contributed by atoms with Gasteiger partial charge in [-0.25, -0.2) is 0 Å². The molecule has 43 heavy (non-hydrogen) atoms. The first-order valence-electron chi connectivity index (χ1n) is 14.6. The Hall–Kier alpha value is -2.61. The van der Waals surface area contributed by atoms with E-state index in [9.17, 15) is 0 Å². The predicted molar refractivity (Wildman–Crippen MR) is 186 cm³/mol. The molecule has 0 spiro atoms. The van der Waals surface area contributed by atoms with Crippen molar-refractivity contribution < 1.29 is 20.8 Å². The summed E-state index contributed by atoms with van der Waals surface area (Å²) in [6.45, 7) is 9.18. The molecule has 0 unspecified atom stereocenters. The van der Waals surface area contributed by atoms with Crippen molar-refractivity contribution in [1.29, 1.82) is 0 Å². The van der Waals surface area contributed by atoms with Crippen molar-refractivity contribution in [2.24, 2.45) is 0 Å². The van der Waals surface area contributed by atoms with Crippen LogP contribution in [0.5, 0.6) is 0 Å². The monoisotopic (exact) mass is 690 g/mol. The number of halogens is 2. The van der Waals surface area contributed by atoms with Crippen LogP contribution in [0, 0.1) is 6.07 Å². The zero-order valence-corrected chi connectivity index (χ0v) is 30.0. The van der Waals surface area contributed by atoms with Gasteiger partial charge >= 0.3 is 37.9 Å². The van der Waals surface area contributed by atoms with Crippen molar-refractivity contribution in [2.75, 3.05) is 0 Å². The van der Waals surface area contributed by atoms with E-state index >= 15 is 0 Å². The second-order valence-electron chi connectivity index (χ2n) is 11.6. The van der Waals surface area contributed by atoms with Crippen molar-refractivity contribution >= 4 is 47.7 Å². The van der Waals surface area contributed by atoms with Crippen molar-refractivity contribution in [3.8, 4) is 33.4 Å². The van der Waals surface area contributed by atoms with Gasteiger partial charge in [0.25, 0.3) is 0 Å². The SMILES string of the molecule is CCc1ccccc1-c1c(C(C)(C)C)ccc2[cH-]c(-c3ccccc3)cc12.[Cl][Zr+2][Cl].[c-]1cccc2c1[Si]c1ccccc1-2. The Morgan fingerprint density at radius 3 is 2.14 bits per heavy atom. The summed E-state index contributed by atoms with van der Waals surface area (Å²) in [5.74, 6) is 0. The Morgan fingerprint density at radius 2 is 1.42 bits per heavy atom. The molecule has 1 aliphatic rings. The molecular formula is C39H34Cl2SiZr. The van der Waals surface area contributed by atoms with Crippen LogP contribution in [0.2, 0.25) is 0 Å². The van der Waals surface area contributed by atoms with E-state index in [1.165, 1.54) is 65.7 Å². The fraction of sp³-hybridized carbons (Fsp3) is 0.154. The van der Waals surface area contributed by atoms with Gasteiger partial charge in [-0.05, 0) is 34.1 Å². The summed E-state index contributed by atoms with van der Waals surface area (Å²) in [5, 5.41) is 5.51. The molecule has 0 nitrogen and oxygen atoms in total. The van der Waals surface area contributed by atoms with Gasteiger partial charge in [0.1, 0.15) is 0 Å². The summed E-state index contributed by atoms with van der Waals surface area (Å²) in [6.07, 6.45) is 1.04. The van der Waals surface area contributed by atoms with E-state index in [0.717, 1.165) is 15.9 Å². The Bertz CT molecular complexity index is 1770. The smallest absolute Gasteiger partial charge is 0.0920 e. The maximum atomic E-state index is 4.93. The van der Waals surface area contributed by atoms with Crippen LogP contribution in [0.3, 0.4) is 0 Å². The van der Waals surface area contributed by atoms with Gasteiger partial charge in [-0.1, -0.05) is 129 Å². The minimum Gasteiger partial charge on any atom is -0.184 e. The van der Waals surface area contributed by atoms with Crippen LogP contribution in [0.25, 0.3) is 44.2 Å². The van der Waals surface area contributed by atoms with E-state index in [4.69, 9.17) is 17.0 Å². The normalized spacial score (nSPS) is 11.4. The van der Waals surface area contributed by atoms with E-state index in [2.05, 4.69) is 149 Å². The van der Waals surface area contributed by atoms with E-state index in [0.29, 0.717) is 0 Å². The molecule has 0 saturated heterocycles. The first-order chi connectivity index (χ1) is 20.9. The van der Waals surface area contributed by atoms with Crippen molar-refractivity contribution in [3.63, 3.8) is 0 Å². The van der Waals surface area contributed by atoms with Crippen LogP contribution in [0.1, 0.15) is 38.8 Å². The average molecular weight is 693 g/mol. The van der Waals surface area contributed by atoms with Crippen LogP contribution in [0.4, 0.5) is 0 Å². The van der Waals surface area contributed by atoms with Gasteiger partial charge in [-0.2, -0.15) is 29.5 Å². The molecule has 0 bridgehead atoms. The predicted octanol–water partition coefficient (Wildman–Crippen LogP) is 10.3. The summed E-state index contributed by atoms with van der Waals surface area (Å²) in [5.41, 5.74) is 11.0. The number of aryl methyl sites for hydroxylation is 1. The molecule has 1 heterocycles. The molecule has 0 N–H and O–H groups in total. The van der Waals surface area contributed by atoms with E-state index in [-0.39, 0.29) is 5.41 Å². The third-order valence-corrected chi connectivity index (χ3v) is 9.17. The molecule has 212 valence electrons. The molecule has 1 aliphatic heterocycles. The van der Waals surface area contributed by atoms with E-state index in [1.807, 2.05) is 6.07 Å². The third-order valence-electron chi connectivity index (χ3n) is 7.81. The van der Waals surface area contributed by atoms with Gasteiger partial charge in [-0.15, -0.1) is 40.1 Å². The van der Waals surface area contributed by atoms with Crippen LogP contribution in [0.15, 0.2) is 121 Å². The first kappa shape index (κ1) is 31.8. The zero-order chi connectivity index (χ0) is 30.4. The molecule has 6 aromatic carbocycles. The topological polar surface area (TPSA) is 0 Å². The van der Waals surface area contributed by atoms with Crippen molar-refractivity contribution in [3.05, 3.63) is 139 Å². The molecular weight excluding hydrogens is 659 g/mol. The largest absolute Gasteiger partial charge is 0.184 e. The minimum absolute atomic E-state index is 0.0918. The summed E-state index contributed by atoms with van der Waals surface area (Å²) in [6, 6.07) is 47.1. The summed E-state index contributed by atoms with van der Waals surface area (Å²) < 4.78 is 0. The summed E-state index contributed by atoms with van der Waals surface area (Å²) >= 11 is -0.826. The van der Waals surface area contributed by atoms with Gasteiger partial charge in [0.2, 0.25) is 0 Å². The van der Waals surface area contributed by atoms with Crippen LogP contribution in [-0.2, 0) is 32.7 Å². The molecule has 2 radical (unpaired) electrons. The minimum atomic E-state index is -0.826. The molecule has 0 saturated carbocycles. The van der Waals surface area contributed by atoms with Gasteiger partial charge in [0.05, 0.1) is 9.52 Å². The van der Waals surface area contributed by atoms with Crippen molar-refractivity contribution in [2.45, 2.75) is 39.5 Å². The van der Waals surface area contributed by atoms with Crippen molar-refractivity contribution in [1.82, 2.24) is 0 Å². The Morgan fingerprint density at radius 1 is 0.767 bits per heavy atom. The number of hydrogen-bond acceptors (Lipinski definition) is 0. The molecule has 4 heteroatoms. The second kappa shape index (κ2) is 14.4. The van der Waals surface area contributed by atoms with E-state index < -0.39 is 20.8 Å². The fourth-order valence-electron chi connectivity index (χ4n) is 5.79. The molecule has 0 atom stereocenters. The second-order valence-corrected chi connectivity index (χ2v) is 16.6. The summed E-state index contributed by atoms with van der Waals surface area (Å²) in [7, 11) is 10.7. The fourth-order valence-corrected chi connectivity index (χ4v) is 7.10. The van der Waals surface area contributed by atoms with Crippen LogP contribution < -0.4 is 10.4 Å².